The monoisotopic (exact) mass is 353 g/mol. The lowest BCUT2D eigenvalue weighted by Gasteiger charge is -2.09. The standard InChI is InChI=1S/C21H39NO3/c1-3-4-5-6-7-8-9-10-11-12-13-14-15-16-17-18-19(23)20(22-2)21(24)25/h10-11,20,22H,3-9,12-18H2,1-2H3,(H,24,25). The molecule has 0 saturated heterocycles. The number of carbonyl (C=O) groups is 2. The summed E-state index contributed by atoms with van der Waals surface area (Å²) in [5.74, 6) is -1.30. The molecule has 1 unspecified atom stereocenters. The summed E-state index contributed by atoms with van der Waals surface area (Å²) in [5, 5.41) is 11.4. The summed E-state index contributed by atoms with van der Waals surface area (Å²) < 4.78 is 0. The Balaban J connectivity index is 3.37. The molecule has 1 atom stereocenters. The van der Waals surface area contributed by atoms with Crippen LogP contribution >= 0.6 is 0 Å². The van der Waals surface area contributed by atoms with Gasteiger partial charge in [0.05, 0.1) is 0 Å². The molecule has 0 rings (SSSR count). The summed E-state index contributed by atoms with van der Waals surface area (Å²) >= 11 is 0. The average Bonchev–Trinajstić information content (AvgIpc) is 2.58. The van der Waals surface area contributed by atoms with Gasteiger partial charge in [-0.3, -0.25) is 9.59 Å². The number of hydrogen-bond donors (Lipinski definition) is 2. The summed E-state index contributed by atoms with van der Waals surface area (Å²) in [6.45, 7) is 2.25. The summed E-state index contributed by atoms with van der Waals surface area (Å²) in [4.78, 5) is 22.5. The highest BCUT2D eigenvalue weighted by atomic mass is 16.4. The van der Waals surface area contributed by atoms with Gasteiger partial charge in [0.2, 0.25) is 0 Å². The topological polar surface area (TPSA) is 66.4 Å². The van der Waals surface area contributed by atoms with Gasteiger partial charge in [0.15, 0.2) is 11.8 Å². The van der Waals surface area contributed by atoms with E-state index in [2.05, 4.69) is 24.4 Å². The zero-order valence-electron chi connectivity index (χ0n) is 16.4. The van der Waals surface area contributed by atoms with Gasteiger partial charge in [0.25, 0.3) is 0 Å². The molecule has 0 fully saturated rings. The number of carboxylic acids is 1. The van der Waals surface area contributed by atoms with Gasteiger partial charge in [-0.25, -0.2) is 0 Å². The van der Waals surface area contributed by atoms with Crippen LogP contribution in [0.4, 0.5) is 0 Å². The number of nitrogens with one attached hydrogen (secondary N) is 1. The van der Waals surface area contributed by atoms with Crippen LogP contribution in [-0.2, 0) is 9.59 Å². The van der Waals surface area contributed by atoms with Crippen LogP contribution in [0.2, 0.25) is 0 Å². The summed E-state index contributed by atoms with van der Waals surface area (Å²) in [6, 6.07) is -1.04. The van der Waals surface area contributed by atoms with Crippen molar-refractivity contribution >= 4 is 11.8 Å². The number of rotatable bonds is 18. The Kier molecular flexibility index (Phi) is 16.8. The molecular formula is C21H39NO3. The molecule has 4 heteroatoms. The van der Waals surface area contributed by atoms with E-state index in [1.807, 2.05) is 0 Å². The second-order valence-electron chi connectivity index (χ2n) is 6.86. The molecule has 4 nitrogen and oxygen atoms in total. The minimum atomic E-state index is -1.08. The van der Waals surface area contributed by atoms with Crippen molar-refractivity contribution in [2.24, 2.45) is 0 Å². The van der Waals surface area contributed by atoms with Crippen LogP contribution in [0.15, 0.2) is 12.2 Å². The Morgan fingerprint density at radius 2 is 1.32 bits per heavy atom. The van der Waals surface area contributed by atoms with Crippen LogP contribution in [0, 0.1) is 0 Å². The number of aliphatic carboxylic acids is 1. The molecule has 0 aliphatic heterocycles. The van der Waals surface area contributed by atoms with Gasteiger partial charge in [-0.2, -0.15) is 0 Å². The van der Waals surface area contributed by atoms with Crippen molar-refractivity contribution in [3.8, 4) is 0 Å². The van der Waals surface area contributed by atoms with Gasteiger partial charge in [0.1, 0.15) is 0 Å². The highest BCUT2D eigenvalue weighted by molar-refractivity contribution is 6.02. The number of likely N-dealkylation sites (N-methyl/N-ethyl adjacent to an activating group) is 1. The maximum Gasteiger partial charge on any atom is 0.328 e. The molecule has 25 heavy (non-hydrogen) atoms. The van der Waals surface area contributed by atoms with Gasteiger partial charge >= 0.3 is 5.97 Å². The van der Waals surface area contributed by atoms with Crippen LogP contribution < -0.4 is 5.32 Å². The number of unbranched alkanes of at least 4 members (excludes halogenated alkanes) is 11. The first-order valence-electron chi connectivity index (χ1n) is 10.2. The van der Waals surface area contributed by atoms with Crippen molar-refractivity contribution in [1.82, 2.24) is 5.32 Å². The summed E-state index contributed by atoms with van der Waals surface area (Å²) in [7, 11) is 1.51. The minimum Gasteiger partial charge on any atom is -0.480 e. The predicted molar refractivity (Wildman–Crippen MR) is 105 cm³/mol. The average molecular weight is 354 g/mol. The lowest BCUT2D eigenvalue weighted by atomic mass is 10.0. The van der Waals surface area contributed by atoms with Crippen molar-refractivity contribution in [2.45, 2.75) is 103 Å². The second-order valence-corrected chi connectivity index (χ2v) is 6.86. The number of hydrogen-bond acceptors (Lipinski definition) is 3. The quantitative estimate of drug-likeness (QED) is 0.200. The normalized spacial score (nSPS) is 12.6. The van der Waals surface area contributed by atoms with Crippen LogP contribution in [0.25, 0.3) is 0 Å². The fraction of sp³-hybridized carbons (Fsp3) is 0.810. The van der Waals surface area contributed by atoms with Crippen LogP contribution in [0.3, 0.4) is 0 Å². The molecule has 0 aliphatic rings. The molecule has 0 aromatic carbocycles. The first kappa shape index (κ1) is 23.8. The van der Waals surface area contributed by atoms with E-state index in [1.165, 1.54) is 64.8 Å². The maximum absolute atomic E-state index is 11.7. The highest BCUT2D eigenvalue weighted by Gasteiger charge is 2.22. The molecule has 0 aliphatic carbocycles. The third kappa shape index (κ3) is 14.9. The first-order chi connectivity index (χ1) is 12.1. The van der Waals surface area contributed by atoms with Crippen molar-refractivity contribution in [2.75, 3.05) is 7.05 Å². The predicted octanol–water partition coefficient (Wildman–Crippen LogP) is 5.27. The van der Waals surface area contributed by atoms with E-state index in [-0.39, 0.29) is 5.78 Å². The van der Waals surface area contributed by atoms with Gasteiger partial charge < -0.3 is 10.4 Å². The smallest absolute Gasteiger partial charge is 0.328 e. The van der Waals surface area contributed by atoms with Gasteiger partial charge in [-0.05, 0) is 39.2 Å². The van der Waals surface area contributed by atoms with Gasteiger partial charge in [-0.15, -0.1) is 0 Å². The van der Waals surface area contributed by atoms with E-state index in [0.717, 1.165) is 25.7 Å². The van der Waals surface area contributed by atoms with E-state index < -0.39 is 12.0 Å². The van der Waals surface area contributed by atoms with E-state index in [0.29, 0.717) is 6.42 Å². The van der Waals surface area contributed by atoms with Crippen LogP contribution in [0.1, 0.15) is 96.8 Å². The number of carbonyl (C=O) groups excluding carboxylic acids is 1. The number of ketones is 1. The third-order valence-corrected chi connectivity index (χ3v) is 4.54. The number of carboxylic acid groups (broad SMARTS) is 1. The molecule has 2 N–H and O–H groups in total. The Hall–Kier alpha value is -1.16. The third-order valence-electron chi connectivity index (χ3n) is 4.54. The fourth-order valence-electron chi connectivity index (χ4n) is 2.94. The minimum absolute atomic E-state index is 0.215. The molecule has 0 radical (unpaired) electrons. The van der Waals surface area contributed by atoms with E-state index in [4.69, 9.17) is 5.11 Å². The number of allylic oxidation sites excluding steroid dienone is 2. The van der Waals surface area contributed by atoms with Crippen molar-refractivity contribution in [3.63, 3.8) is 0 Å². The van der Waals surface area contributed by atoms with Crippen molar-refractivity contribution < 1.29 is 14.7 Å². The second kappa shape index (κ2) is 17.7. The Morgan fingerprint density at radius 1 is 0.840 bits per heavy atom. The fourth-order valence-corrected chi connectivity index (χ4v) is 2.94. The van der Waals surface area contributed by atoms with E-state index >= 15 is 0 Å². The lowest BCUT2D eigenvalue weighted by Crippen LogP contribution is -2.41. The highest BCUT2D eigenvalue weighted by Crippen LogP contribution is 2.10. The molecule has 0 bridgehead atoms. The molecule has 146 valence electrons. The summed E-state index contributed by atoms with van der Waals surface area (Å²) in [6.07, 6.45) is 20.8. The molecule has 0 spiro atoms. The van der Waals surface area contributed by atoms with Crippen molar-refractivity contribution in [3.05, 3.63) is 12.2 Å². The molecule has 0 aromatic heterocycles. The number of Topliss-reactive ketones (excluding diaryl/α,β-unsaturated/α-hetero) is 1. The van der Waals surface area contributed by atoms with Crippen LogP contribution in [-0.4, -0.2) is 29.9 Å². The zero-order chi connectivity index (χ0) is 18.8. The first-order valence-corrected chi connectivity index (χ1v) is 10.2. The van der Waals surface area contributed by atoms with Gasteiger partial charge in [0, 0.05) is 6.42 Å². The van der Waals surface area contributed by atoms with Crippen molar-refractivity contribution in [1.29, 1.82) is 0 Å². The Morgan fingerprint density at radius 3 is 1.80 bits per heavy atom. The molecular weight excluding hydrogens is 314 g/mol. The van der Waals surface area contributed by atoms with E-state index in [1.54, 1.807) is 0 Å². The SMILES string of the molecule is CCCCCCCCC=CCCCCCCCC(=O)C(NC)C(=O)O. The molecule has 0 saturated carbocycles. The Labute approximate surface area is 154 Å². The molecule has 0 heterocycles. The molecule has 0 aromatic rings. The largest absolute Gasteiger partial charge is 0.480 e. The maximum atomic E-state index is 11.7. The van der Waals surface area contributed by atoms with Gasteiger partial charge in [-0.1, -0.05) is 70.4 Å². The van der Waals surface area contributed by atoms with Crippen LogP contribution in [0.5, 0.6) is 0 Å². The lowest BCUT2D eigenvalue weighted by molar-refractivity contribution is -0.143. The Bertz CT molecular complexity index is 366. The zero-order valence-corrected chi connectivity index (χ0v) is 16.4. The summed E-state index contributed by atoms with van der Waals surface area (Å²) in [5.41, 5.74) is 0. The molecule has 0 amide bonds. The van der Waals surface area contributed by atoms with E-state index in [9.17, 15) is 9.59 Å².